The summed E-state index contributed by atoms with van der Waals surface area (Å²) in [5.41, 5.74) is 0.892. The Kier molecular flexibility index (Phi) is 1.95. The molecule has 2 saturated carbocycles. The summed E-state index contributed by atoms with van der Waals surface area (Å²) in [6.45, 7) is 0.0159. The molecule has 4 aliphatic rings. The Bertz CT molecular complexity index is 369. The van der Waals surface area contributed by atoms with E-state index in [0.29, 0.717) is 34.6 Å². The van der Waals surface area contributed by atoms with E-state index in [2.05, 4.69) is 15.9 Å². The molecule has 1 heterocycles. The first kappa shape index (κ1) is 10.1. The molecular formula is C12H15BrO3. The number of aliphatic hydroxyl groups is 2. The number of alkyl halides is 1. The van der Waals surface area contributed by atoms with Crippen LogP contribution in [0.4, 0.5) is 0 Å². The normalized spacial score (nSPS) is 61.6. The lowest BCUT2D eigenvalue weighted by Crippen LogP contribution is -2.43. The SMILES string of the molecule is OCC1=C[C@H](O)[C@@H]2[C@H]3C[C@@H]4[C@@H](O[C@H]1[C@@H]42)[C@@H]3Br. The molecule has 16 heavy (non-hydrogen) atoms. The van der Waals surface area contributed by atoms with Gasteiger partial charge in [0.2, 0.25) is 0 Å². The highest BCUT2D eigenvalue weighted by Crippen LogP contribution is 2.64. The molecule has 3 nitrogen and oxygen atoms in total. The number of hydrogen-bond donors (Lipinski definition) is 2. The van der Waals surface area contributed by atoms with Gasteiger partial charge in [0.05, 0.1) is 24.9 Å². The molecule has 0 unspecified atom stereocenters. The van der Waals surface area contributed by atoms with Crippen molar-refractivity contribution in [1.82, 2.24) is 0 Å². The van der Waals surface area contributed by atoms with Crippen molar-refractivity contribution in [3.05, 3.63) is 11.6 Å². The zero-order valence-corrected chi connectivity index (χ0v) is 10.4. The first-order valence-electron chi connectivity index (χ1n) is 6.01. The minimum absolute atomic E-state index is 0.0159. The maximum Gasteiger partial charge on any atom is 0.0848 e. The Morgan fingerprint density at radius 2 is 2.19 bits per heavy atom. The van der Waals surface area contributed by atoms with E-state index in [0.717, 1.165) is 5.57 Å². The predicted octanol–water partition coefficient (Wildman–Crippen LogP) is 0.693. The third-order valence-electron chi connectivity index (χ3n) is 5.10. The van der Waals surface area contributed by atoms with Crippen molar-refractivity contribution >= 4 is 15.9 Å². The Balaban J connectivity index is 1.82. The van der Waals surface area contributed by atoms with E-state index in [1.54, 1.807) is 0 Å². The molecule has 3 aliphatic carbocycles. The molecule has 4 rings (SSSR count). The van der Waals surface area contributed by atoms with Crippen molar-refractivity contribution in [3.8, 4) is 0 Å². The number of fused-ring (bicyclic) bond motifs is 2. The van der Waals surface area contributed by atoms with Gasteiger partial charge in [-0.1, -0.05) is 22.0 Å². The van der Waals surface area contributed by atoms with E-state index < -0.39 is 0 Å². The van der Waals surface area contributed by atoms with Gasteiger partial charge in [0.25, 0.3) is 0 Å². The second-order valence-corrected chi connectivity index (χ2v) is 6.63. The minimum atomic E-state index is -0.388. The first-order chi connectivity index (χ1) is 7.72. The van der Waals surface area contributed by atoms with Gasteiger partial charge in [-0.15, -0.1) is 0 Å². The van der Waals surface area contributed by atoms with Crippen LogP contribution >= 0.6 is 15.9 Å². The quantitative estimate of drug-likeness (QED) is 0.551. The van der Waals surface area contributed by atoms with Gasteiger partial charge in [0, 0.05) is 10.7 Å². The molecule has 4 heteroatoms. The van der Waals surface area contributed by atoms with E-state index in [1.807, 2.05) is 6.08 Å². The van der Waals surface area contributed by atoms with Gasteiger partial charge in [-0.25, -0.2) is 0 Å². The van der Waals surface area contributed by atoms with Crippen molar-refractivity contribution in [2.75, 3.05) is 6.61 Å². The Morgan fingerprint density at radius 3 is 2.94 bits per heavy atom. The third-order valence-corrected chi connectivity index (χ3v) is 6.30. The molecule has 8 atom stereocenters. The molecule has 1 aliphatic heterocycles. The molecule has 0 aromatic rings. The Labute approximate surface area is 103 Å². The topological polar surface area (TPSA) is 49.7 Å². The van der Waals surface area contributed by atoms with Crippen molar-refractivity contribution in [1.29, 1.82) is 0 Å². The van der Waals surface area contributed by atoms with Gasteiger partial charge >= 0.3 is 0 Å². The summed E-state index contributed by atoms with van der Waals surface area (Å²) in [5, 5.41) is 19.5. The molecule has 0 spiro atoms. The van der Waals surface area contributed by atoms with Crippen LogP contribution < -0.4 is 0 Å². The highest BCUT2D eigenvalue weighted by molar-refractivity contribution is 9.09. The molecule has 0 aromatic carbocycles. The zero-order chi connectivity index (χ0) is 11.0. The molecule has 3 fully saturated rings. The summed E-state index contributed by atoms with van der Waals surface area (Å²) in [6.07, 6.45) is 2.99. The second kappa shape index (κ2) is 3.10. The highest BCUT2D eigenvalue weighted by Gasteiger charge is 2.67. The van der Waals surface area contributed by atoms with E-state index in [-0.39, 0.29) is 18.8 Å². The third kappa shape index (κ3) is 0.964. The monoisotopic (exact) mass is 286 g/mol. The fourth-order valence-corrected chi connectivity index (χ4v) is 5.71. The van der Waals surface area contributed by atoms with Gasteiger partial charge in [0.1, 0.15) is 0 Å². The second-order valence-electron chi connectivity index (χ2n) is 5.57. The van der Waals surface area contributed by atoms with Gasteiger partial charge in [-0.3, -0.25) is 0 Å². The number of ether oxygens (including phenoxy) is 1. The predicted molar refractivity (Wildman–Crippen MR) is 61.1 cm³/mol. The van der Waals surface area contributed by atoms with Crippen LogP contribution in [0.2, 0.25) is 0 Å². The summed E-state index contributed by atoms with van der Waals surface area (Å²) >= 11 is 3.73. The van der Waals surface area contributed by atoms with Gasteiger partial charge < -0.3 is 14.9 Å². The molecule has 0 aromatic heterocycles. The number of aliphatic hydroxyl groups excluding tert-OH is 2. The van der Waals surface area contributed by atoms with E-state index in [4.69, 9.17) is 4.74 Å². The summed E-state index contributed by atoms with van der Waals surface area (Å²) < 4.78 is 6.09. The van der Waals surface area contributed by atoms with E-state index >= 15 is 0 Å². The molecule has 1 saturated heterocycles. The summed E-state index contributed by atoms with van der Waals surface area (Å²) in [5.74, 6) is 1.94. The lowest BCUT2D eigenvalue weighted by Gasteiger charge is -2.37. The van der Waals surface area contributed by atoms with Gasteiger partial charge in [-0.05, 0) is 29.7 Å². The van der Waals surface area contributed by atoms with Gasteiger partial charge in [-0.2, -0.15) is 0 Å². The van der Waals surface area contributed by atoms with Crippen LogP contribution in [0.5, 0.6) is 0 Å². The van der Waals surface area contributed by atoms with Gasteiger partial charge in [0.15, 0.2) is 0 Å². The molecule has 88 valence electrons. The van der Waals surface area contributed by atoms with E-state index in [1.165, 1.54) is 6.42 Å². The van der Waals surface area contributed by atoms with Crippen LogP contribution in [-0.4, -0.2) is 40.0 Å². The lowest BCUT2D eigenvalue weighted by atomic mass is 9.70. The average Bonchev–Trinajstić information content (AvgIpc) is 2.87. The van der Waals surface area contributed by atoms with Crippen molar-refractivity contribution in [3.63, 3.8) is 0 Å². The smallest absolute Gasteiger partial charge is 0.0848 e. The minimum Gasteiger partial charge on any atom is -0.392 e. The zero-order valence-electron chi connectivity index (χ0n) is 8.79. The highest BCUT2D eigenvalue weighted by atomic mass is 79.9. The van der Waals surface area contributed by atoms with E-state index in [9.17, 15) is 10.2 Å². The summed E-state index contributed by atoms with van der Waals surface area (Å²) in [4.78, 5) is 0.393. The fourth-order valence-electron chi connectivity index (χ4n) is 4.62. The number of hydrogen-bond acceptors (Lipinski definition) is 3. The summed E-state index contributed by atoms with van der Waals surface area (Å²) in [7, 11) is 0. The van der Waals surface area contributed by atoms with Crippen LogP contribution in [0.25, 0.3) is 0 Å². The molecule has 2 N–H and O–H groups in total. The standard InChI is InChI=1S/C12H15BrO3/c13-10-5-2-6-9-8(5)7(15)1-4(3-14)11(9)16-12(6)10/h1,5-12,14-15H,2-3H2/t5-,6+,7+,8+,9+,10-,11-,12-/m1/s1. The Hall–Kier alpha value is 0.100. The van der Waals surface area contributed by atoms with Crippen LogP contribution in [0.1, 0.15) is 6.42 Å². The van der Waals surface area contributed by atoms with Crippen LogP contribution in [0.15, 0.2) is 11.6 Å². The number of halogens is 1. The lowest BCUT2D eigenvalue weighted by molar-refractivity contribution is 0.0368. The maximum absolute atomic E-state index is 10.2. The molecular weight excluding hydrogens is 272 g/mol. The molecule has 2 bridgehead atoms. The van der Waals surface area contributed by atoms with Crippen molar-refractivity contribution < 1.29 is 14.9 Å². The molecule has 0 radical (unpaired) electrons. The van der Waals surface area contributed by atoms with Crippen molar-refractivity contribution in [2.45, 2.75) is 29.6 Å². The number of rotatable bonds is 1. The van der Waals surface area contributed by atoms with Crippen LogP contribution in [0.3, 0.4) is 0 Å². The summed E-state index contributed by atoms with van der Waals surface area (Å²) in [6, 6.07) is 0. The maximum atomic E-state index is 10.2. The largest absolute Gasteiger partial charge is 0.392 e. The van der Waals surface area contributed by atoms with Crippen LogP contribution in [0, 0.1) is 23.7 Å². The Morgan fingerprint density at radius 1 is 1.38 bits per heavy atom. The average molecular weight is 287 g/mol. The van der Waals surface area contributed by atoms with Crippen LogP contribution in [-0.2, 0) is 4.74 Å². The first-order valence-corrected chi connectivity index (χ1v) is 6.93. The fraction of sp³-hybridized carbons (Fsp3) is 0.833. The molecule has 0 amide bonds. The van der Waals surface area contributed by atoms with Crippen molar-refractivity contribution in [2.24, 2.45) is 23.7 Å².